The molecule has 0 radical (unpaired) electrons. The summed E-state index contributed by atoms with van der Waals surface area (Å²) in [5.74, 6) is 0.469. The molecule has 0 aromatic heterocycles. The predicted molar refractivity (Wildman–Crippen MR) is 161 cm³/mol. The largest absolute Gasteiger partial charge is 0.348 e. The van der Waals surface area contributed by atoms with Gasteiger partial charge in [-0.1, -0.05) is 24.8 Å². The molecule has 1 aromatic rings. The zero-order valence-corrected chi connectivity index (χ0v) is 25.1. The molecule has 3 saturated heterocycles. The van der Waals surface area contributed by atoms with Gasteiger partial charge in [0, 0.05) is 53.8 Å². The number of nitrogens with two attached hydrogens (primary N) is 1. The molecule has 1 aliphatic carbocycles. The summed E-state index contributed by atoms with van der Waals surface area (Å²) in [6.45, 7) is 10.6. The van der Waals surface area contributed by atoms with Crippen molar-refractivity contribution >= 4 is 17.7 Å². The molecule has 1 amide bonds. The van der Waals surface area contributed by atoms with Gasteiger partial charge in [0.2, 0.25) is 5.91 Å². The average Bonchev–Trinajstić information content (AvgIpc) is 3.39. The molecular weight excluding hydrogens is 520 g/mol. The van der Waals surface area contributed by atoms with E-state index < -0.39 is 0 Å². The fraction of sp³-hybridized carbons (Fsp3) is 0.710. The van der Waals surface area contributed by atoms with E-state index in [4.69, 9.17) is 10.5 Å². The van der Waals surface area contributed by atoms with E-state index in [1.165, 1.54) is 60.6 Å². The van der Waals surface area contributed by atoms with Crippen LogP contribution in [0.2, 0.25) is 0 Å². The van der Waals surface area contributed by atoms with Crippen LogP contribution < -0.4 is 16.4 Å². The van der Waals surface area contributed by atoms with Crippen LogP contribution in [0.3, 0.4) is 0 Å². The third-order valence-corrected chi connectivity index (χ3v) is 12.2. The molecule has 4 N–H and O–H groups in total. The third-order valence-electron chi connectivity index (χ3n) is 10.4. The quantitative estimate of drug-likeness (QED) is 0.452. The second-order valence-corrected chi connectivity index (χ2v) is 14.2. The highest BCUT2D eigenvalue weighted by atomic mass is 32.2. The summed E-state index contributed by atoms with van der Waals surface area (Å²) in [5, 5.41) is 7.82. The number of ether oxygens (including phenoxy) is 1. The Morgan fingerprint density at radius 3 is 2.88 bits per heavy atom. The number of rotatable bonds is 6. The number of nitrogens with one attached hydrogen (secondary N) is 2. The maximum absolute atomic E-state index is 12.5. The Morgan fingerprint density at radius 1 is 1.23 bits per heavy atom. The Kier molecular flexibility index (Phi) is 8.62. The number of benzene rings is 1. The highest BCUT2D eigenvalue weighted by Crippen LogP contribution is 2.53. The van der Waals surface area contributed by atoms with E-state index >= 15 is 0 Å². The van der Waals surface area contributed by atoms with Crippen LogP contribution >= 0.6 is 11.8 Å². The van der Waals surface area contributed by atoms with Crippen LogP contribution in [-0.4, -0.2) is 102 Å². The Balaban J connectivity index is 1.20. The first-order chi connectivity index (χ1) is 19.4. The second kappa shape index (κ2) is 12.0. The van der Waals surface area contributed by atoms with Gasteiger partial charge in [-0.25, -0.2) is 0 Å². The highest BCUT2D eigenvalue weighted by molar-refractivity contribution is 8.00. The summed E-state index contributed by atoms with van der Waals surface area (Å²) < 4.78 is 6.87. The van der Waals surface area contributed by atoms with Crippen LogP contribution in [-0.2, 0) is 16.0 Å². The predicted octanol–water partition coefficient (Wildman–Crippen LogP) is 2.51. The fourth-order valence-corrected chi connectivity index (χ4v) is 9.63. The molecule has 220 valence electrons. The van der Waals surface area contributed by atoms with Gasteiger partial charge in [0.15, 0.2) is 6.35 Å². The maximum Gasteiger partial charge on any atom is 0.246 e. The molecular formula is C31H48N6O2S. The number of nitrogens with zero attached hydrogens (tertiary/aromatic N) is 3. The lowest BCUT2D eigenvalue weighted by molar-refractivity contribution is -0.135. The minimum absolute atomic E-state index is 0.00389. The van der Waals surface area contributed by atoms with E-state index in [1.807, 2.05) is 4.90 Å². The van der Waals surface area contributed by atoms with Crippen LogP contribution in [0.25, 0.3) is 0 Å². The van der Waals surface area contributed by atoms with E-state index in [9.17, 15) is 4.79 Å². The number of carbonyl (C=O) groups excluding carboxylic acids is 1. The SMILES string of the molecule is C=CC(=O)N1CCN(C2NC(OCC3CCCN3C)NC3C[C@@]4(CCc5cccc(C)c5S4)CCC32)CC1CN. The minimum Gasteiger partial charge on any atom is -0.348 e. The summed E-state index contributed by atoms with van der Waals surface area (Å²) >= 11 is 2.15. The van der Waals surface area contributed by atoms with Crippen LogP contribution in [0.15, 0.2) is 35.7 Å². The first-order valence-electron chi connectivity index (χ1n) is 15.4. The maximum atomic E-state index is 12.5. The molecule has 4 aliphatic heterocycles. The lowest BCUT2D eigenvalue weighted by atomic mass is 9.72. The number of amides is 1. The number of aryl methyl sites for hydroxylation is 2. The van der Waals surface area contributed by atoms with E-state index in [2.05, 4.69) is 70.9 Å². The van der Waals surface area contributed by atoms with E-state index in [-0.39, 0.29) is 29.2 Å². The van der Waals surface area contributed by atoms with Crippen LogP contribution in [0.4, 0.5) is 0 Å². The summed E-state index contributed by atoms with van der Waals surface area (Å²) in [5.41, 5.74) is 9.13. The van der Waals surface area contributed by atoms with Crippen LogP contribution in [0.1, 0.15) is 49.7 Å². The first kappa shape index (κ1) is 28.6. The molecule has 4 heterocycles. The Morgan fingerprint density at radius 2 is 2.10 bits per heavy atom. The number of hydrogen-bond acceptors (Lipinski definition) is 8. The molecule has 1 saturated carbocycles. The van der Waals surface area contributed by atoms with Gasteiger partial charge in [-0.05, 0) is 82.7 Å². The monoisotopic (exact) mass is 568 g/mol. The summed E-state index contributed by atoms with van der Waals surface area (Å²) in [4.78, 5) is 20.9. The van der Waals surface area contributed by atoms with Gasteiger partial charge in [0.05, 0.1) is 18.8 Å². The van der Waals surface area contributed by atoms with Crippen molar-refractivity contribution in [1.29, 1.82) is 0 Å². The molecule has 8 nitrogen and oxygen atoms in total. The van der Waals surface area contributed by atoms with Crippen molar-refractivity contribution < 1.29 is 9.53 Å². The summed E-state index contributed by atoms with van der Waals surface area (Å²) in [7, 11) is 2.21. The topological polar surface area (TPSA) is 86.1 Å². The number of likely N-dealkylation sites (N-methyl/N-ethyl adjacent to an activating group) is 1. The fourth-order valence-electron chi connectivity index (χ4n) is 7.98. The molecule has 1 aromatic carbocycles. The molecule has 40 heavy (non-hydrogen) atoms. The molecule has 1 spiro atoms. The van der Waals surface area contributed by atoms with Gasteiger partial charge in [0.25, 0.3) is 0 Å². The highest BCUT2D eigenvalue weighted by Gasteiger charge is 2.50. The lowest BCUT2D eigenvalue weighted by Gasteiger charge is -2.56. The van der Waals surface area contributed by atoms with E-state index in [0.717, 1.165) is 32.7 Å². The number of likely N-dealkylation sites (tertiary alicyclic amines) is 1. The molecule has 5 aliphatic rings. The van der Waals surface area contributed by atoms with Gasteiger partial charge in [-0.3, -0.25) is 20.3 Å². The van der Waals surface area contributed by atoms with Crippen molar-refractivity contribution in [2.75, 3.05) is 46.4 Å². The third kappa shape index (κ3) is 5.63. The van der Waals surface area contributed by atoms with Crippen molar-refractivity contribution in [3.05, 3.63) is 42.0 Å². The Hall–Kier alpha value is -1.46. The average molecular weight is 569 g/mol. The lowest BCUT2D eigenvalue weighted by Crippen LogP contribution is -2.73. The van der Waals surface area contributed by atoms with E-state index in [1.54, 1.807) is 0 Å². The van der Waals surface area contributed by atoms with Crippen molar-refractivity contribution in [2.24, 2.45) is 11.7 Å². The summed E-state index contributed by atoms with van der Waals surface area (Å²) in [6, 6.07) is 7.67. The second-order valence-electron chi connectivity index (χ2n) is 12.7. The zero-order chi connectivity index (χ0) is 27.9. The molecule has 6 rings (SSSR count). The number of hydrogen-bond donors (Lipinski definition) is 3. The number of carbonyl (C=O) groups is 1. The number of thioether (sulfide) groups is 1. The molecule has 6 unspecified atom stereocenters. The van der Waals surface area contributed by atoms with Gasteiger partial charge >= 0.3 is 0 Å². The van der Waals surface area contributed by atoms with Crippen LogP contribution in [0, 0.1) is 12.8 Å². The van der Waals surface area contributed by atoms with Gasteiger partial charge in [-0.2, -0.15) is 0 Å². The molecule has 7 atom stereocenters. The van der Waals surface area contributed by atoms with Gasteiger partial charge in [-0.15, -0.1) is 11.8 Å². The molecule has 0 bridgehead atoms. The summed E-state index contributed by atoms with van der Waals surface area (Å²) in [6.07, 6.45) is 9.89. The van der Waals surface area contributed by atoms with E-state index in [0.29, 0.717) is 31.1 Å². The first-order valence-corrected chi connectivity index (χ1v) is 16.2. The van der Waals surface area contributed by atoms with Crippen molar-refractivity contribution in [3.63, 3.8) is 0 Å². The Labute approximate surface area is 244 Å². The van der Waals surface area contributed by atoms with Crippen molar-refractivity contribution in [1.82, 2.24) is 25.3 Å². The smallest absolute Gasteiger partial charge is 0.246 e. The minimum atomic E-state index is -0.179. The zero-order valence-electron chi connectivity index (χ0n) is 24.3. The number of piperazine rings is 1. The molecule has 4 fully saturated rings. The van der Waals surface area contributed by atoms with Crippen LogP contribution in [0.5, 0.6) is 0 Å². The normalized spacial score (nSPS) is 36.8. The Bertz CT molecular complexity index is 1090. The standard InChI is InChI=1S/C31H48N6O2S/c1-4-27(38)37-16-15-36(19-24(37)18-32)29-25-11-13-31(12-10-22-8-5-7-21(2)28(22)40-31)17-26(25)33-30(34-29)39-20-23-9-6-14-35(23)3/h4-5,7-8,23-26,29-30,33-34H,1,6,9-20,32H2,2-3H3/t23?,24?,25?,26?,29?,30?,31-/m1/s1. The molecule has 9 heteroatoms. The number of fused-ring (bicyclic) bond motifs is 2. The van der Waals surface area contributed by atoms with Crippen molar-refractivity contribution in [2.45, 2.75) is 92.2 Å². The van der Waals surface area contributed by atoms with Gasteiger partial charge < -0.3 is 20.3 Å². The van der Waals surface area contributed by atoms with Gasteiger partial charge in [0.1, 0.15) is 0 Å². The van der Waals surface area contributed by atoms with Crippen molar-refractivity contribution in [3.8, 4) is 0 Å².